The van der Waals surface area contributed by atoms with Gasteiger partial charge in [-0.1, -0.05) is 12.1 Å². The highest BCUT2D eigenvalue weighted by atomic mass is 16.6. The van der Waals surface area contributed by atoms with Crippen molar-refractivity contribution in [3.05, 3.63) is 75.3 Å². The molecule has 1 N–H and O–H groups in total. The molecule has 10 nitrogen and oxygen atoms in total. The number of carbonyl (C=O) groups excluding carboxylic acids is 2. The second kappa shape index (κ2) is 10.9. The van der Waals surface area contributed by atoms with Crippen molar-refractivity contribution in [1.29, 1.82) is 0 Å². The van der Waals surface area contributed by atoms with Crippen LogP contribution in [0.2, 0.25) is 0 Å². The zero-order chi connectivity index (χ0) is 25.8. The first-order valence-electron chi connectivity index (χ1n) is 11.9. The average Bonchev–Trinajstić information content (AvgIpc) is 3.12. The van der Waals surface area contributed by atoms with E-state index in [9.17, 15) is 24.8 Å². The number of nitrogens with zero attached hydrogens (tertiary/aromatic N) is 3. The molecule has 1 amide bonds. The van der Waals surface area contributed by atoms with E-state index in [0.29, 0.717) is 49.7 Å². The lowest BCUT2D eigenvalue weighted by molar-refractivity contribution is -0.384. The van der Waals surface area contributed by atoms with Gasteiger partial charge in [0.25, 0.3) is 17.4 Å². The molecular weight excluding hydrogens is 466 g/mol. The van der Waals surface area contributed by atoms with Crippen LogP contribution in [0.3, 0.4) is 0 Å². The number of aliphatic hydroxyl groups excluding tert-OH is 1. The van der Waals surface area contributed by atoms with Gasteiger partial charge in [-0.25, -0.2) is 0 Å². The quantitative estimate of drug-likeness (QED) is 0.195. The Kier molecular flexibility index (Phi) is 7.66. The van der Waals surface area contributed by atoms with Gasteiger partial charge in [0.05, 0.1) is 35.9 Å². The third-order valence-corrected chi connectivity index (χ3v) is 6.20. The fraction of sp³-hybridized carbons (Fsp3) is 0.385. The zero-order valence-corrected chi connectivity index (χ0v) is 20.3. The number of nitro groups is 1. The molecule has 1 atom stereocenters. The van der Waals surface area contributed by atoms with E-state index in [2.05, 4.69) is 4.90 Å². The fourth-order valence-electron chi connectivity index (χ4n) is 4.46. The molecular formula is C26H29N3O7. The smallest absolute Gasteiger partial charge is 0.295 e. The van der Waals surface area contributed by atoms with Gasteiger partial charge in [-0.15, -0.1) is 0 Å². The largest absolute Gasteiger partial charge is 0.507 e. The van der Waals surface area contributed by atoms with Crippen LogP contribution in [0, 0.1) is 10.1 Å². The number of morpholine rings is 1. The summed E-state index contributed by atoms with van der Waals surface area (Å²) in [5.41, 5.74) is 0.459. The standard InChI is InChI=1S/C26H29N3O7/c1-17(2)36-21-8-6-18(7-9-21)24(30)22-23(19-4-3-5-20(16-19)29(33)34)28(26(32)25(22)31)11-10-27-12-14-35-15-13-27/h3-9,16-17,23,30H,10-15H2,1-2H3/b24-22-. The molecule has 4 rings (SSSR count). The minimum atomic E-state index is -0.961. The van der Waals surface area contributed by atoms with Crippen molar-refractivity contribution >= 4 is 23.1 Å². The van der Waals surface area contributed by atoms with Gasteiger partial charge in [0.1, 0.15) is 11.5 Å². The highest BCUT2D eigenvalue weighted by Crippen LogP contribution is 2.40. The van der Waals surface area contributed by atoms with Gasteiger partial charge in [0.15, 0.2) is 0 Å². The van der Waals surface area contributed by atoms with E-state index in [0.717, 1.165) is 0 Å². The zero-order valence-electron chi connectivity index (χ0n) is 20.3. The number of nitro benzene ring substituents is 1. The molecule has 2 fully saturated rings. The first-order chi connectivity index (χ1) is 17.3. The summed E-state index contributed by atoms with van der Waals surface area (Å²) in [7, 11) is 0. The number of ether oxygens (including phenoxy) is 2. The summed E-state index contributed by atoms with van der Waals surface area (Å²) in [4.78, 5) is 40.7. The maximum absolute atomic E-state index is 13.2. The molecule has 0 aromatic heterocycles. The van der Waals surface area contributed by atoms with Crippen LogP contribution in [0.1, 0.15) is 31.0 Å². The number of benzene rings is 2. The Bertz CT molecular complexity index is 1170. The van der Waals surface area contributed by atoms with E-state index in [-0.39, 0.29) is 29.7 Å². The van der Waals surface area contributed by atoms with E-state index in [1.54, 1.807) is 30.3 Å². The molecule has 10 heteroatoms. The first kappa shape index (κ1) is 25.3. The molecule has 2 aromatic rings. The van der Waals surface area contributed by atoms with Crippen LogP contribution in [-0.4, -0.2) is 77.0 Å². The van der Waals surface area contributed by atoms with Crippen LogP contribution in [0.4, 0.5) is 5.69 Å². The molecule has 0 spiro atoms. The number of ketones is 1. The van der Waals surface area contributed by atoms with Crippen LogP contribution in [-0.2, 0) is 14.3 Å². The molecule has 0 bridgehead atoms. The maximum Gasteiger partial charge on any atom is 0.295 e. The Balaban J connectivity index is 1.73. The van der Waals surface area contributed by atoms with Crippen LogP contribution < -0.4 is 4.74 Å². The highest BCUT2D eigenvalue weighted by Gasteiger charge is 2.46. The van der Waals surface area contributed by atoms with E-state index in [1.165, 1.54) is 23.1 Å². The highest BCUT2D eigenvalue weighted by molar-refractivity contribution is 6.46. The van der Waals surface area contributed by atoms with Crippen molar-refractivity contribution in [1.82, 2.24) is 9.80 Å². The van der Waals surface area contributed by atoms with Gasteiger partial charge < -0.3 is 19.5 Å². The average molecular weight is 496 g/mol. The molecule has 0 aliphatic carbocycles. The van der Waals surface area contributed by atoms with E-state index < -0.39 is 22.7 Å². The molecule has 190 valence electrons. The number of rotatable bonds is 8. The number of non-ortho nitro benzene ring substituents is 1. The summed E-state index contributed by atoms with van der Waals surface area (Å²) < 4.78 is 11.0. The van der Waals surface area contributed by atoms with Crippen molar-refractivity contribution in [2.75, 3.05) is 39.4 Å². The maximum atomic E-state index is 13.2. The van der Waals surface area contributed by atoms with Gasteiger partial charge >= 0.3 is 0 Å². The van der Waals surface area contributed by atoms with Gasteiger partial charge in [-0.05, 0) is 43.7 Å². The number of hydrogen-bond donors (Lipinski definition) is 1. The summed E-state index contributed by atoms with van der Waals surface area (Å²) in [5, 5.41) is 22.6. The molecule has 2 aliphatic heterocycles. The SMILES string of the molecule is CC(C)Oc1ccc(/C(O)=C2/C(=O)C(=O)N(CCN3CCOCC3)C2c2cccc([N+](=O)[O-])c2)cc1. The Morgan fingerprint density at radius 1 is 1.14 bits per heavy atom. The van der Waals surface area contributed by atoms with Crippen LogP contribution in [0.5, 0.6) is 5.75 Å². The lowest BCUT2D eigenvalue weighted by Crippen LogP contribution is -2.42. The molecule has 2 aromatic carbocycles. The Hall–Kier alpha value is -3.76. The fourth-order valence-corrected chi connectivity index (χ4v) is 4.46. The Labute approximate surface area is 208 Å². The lowest BCUT2D eigenvalue weighted by atomic mass is 9.95. The molecule has 0 radical (unpaired) electrons. The summed E-state index contributed by atoms with van der Waals surface area (Å²) >= 11 is 0. The second-order valence-corrected chi connectivity index (χ2v) is 8.99. The van der Waals surface area contributed by atoms with Crippen molar-refractivity contribution in [3.8, 4) is 5.75 Å². The normalized spacial score (nSPS) is 20.2. The Morgan fingerprint density at radius 2 is 1.83 bits per heavy atom. The lowest BCUT2D eigenvalue weighted by Gasteiger charge is -2.31. The van der Waals surface area contributed by atoms with E-state index >= 15 is 0 Å². The second-order valence-electron chi connectivity index (χ2n) is 8.99. The number of likely N-dealkylation sites (tertiary alicyclic amines) is 1. The summed E-state index contributed by atoms with van der Waals surface area (Å²) in [6.07, 6.45) is -0.0323. The van der Waals surface area contributed by atoms with Crippen LogP contribution in [0.15, 0.2) is 54.1 Å². The topological polar surface area (TPSA) is 122 Å². The third-order valence-electron chi connectivity index (χ3n) is 6.20. The monoisotopic (exact) mass is 495 g/mol. The third kappa shape index (κ3) is 5.39. The summed E-state index contributed by atoms with van der Waals surface area (Å²) in [6.45, 7) is 7.09. The van der Waals surface area contributed by atoms with Crippen molar-refractivity contribution < 1.29 is 29.1 Å². The van der Waals surface area contributed by atoms with Crippen molar-refractivity contribution in [2.45, 2.75) is 26.0 Å². The predicted octanol–water partition coefficient (Wildman–Crippen LogP) is 3.14. The molecule has 36 heavy (non-hydrogen) atoms. The first-order valence-corrected chi connectivity index (χ1v) is 11.9. The number of carbonyl (C=O) groups is 2. The molecule has 0 saturated carbocycles. The molecule has 2 saturated heterocycles. The molecule has 2 aliphatic rings. The van der Waals surface area contributed by atoms with Gasteiger partial charge in [0, 0.05) is 43.9 Å². The van der Waals surface area contributed by atoms with Gasteiger partial charge in [-0.3, -0.25) is 24.6 Å². The minimum Gasteiger partial charge on any atom is -0.507 e. The number of hydrogen-bond acceptors (Lipinski definition) is 8. The minimum absolute atomic E-state index is 0.0323. The van der Waals surface area contributed by atoms with E-state index in [1.807, 2.05) is 13.8 Å². The van der Waals surface area contributed by atoms with Crippen molar-refractivity contribution in [3.63, 3.8) is 0 Å². The number of amides is 1. The Morgan fingerprint density at radius 3 is 2.47 bits per heavy atom. The molecule has 1 unspecified atom stereocenters. The van der Waals surface area contributed by atoms with E-state index in [4.69, 9.17) is 9.47 Å². The van der Waals surface area contributed by atoms with Gasteiger partial charge in [-0.2, -0.15) is 0 Å². The van der Waals surface area contributed by atoms with Crippen molar-refractivity contribution in [2.24, 2.45) is 0 Å². The van der Waals surface area contributed by atoms with Crippen LogP contribution in [0.25, 0.3) is 5.76 Å². The summed E-state index contributed by atoms with van der Waals surface area (Å²) in [6, 6.07) is 11.4. The summed E-state index contributed by atoms with van der Waals surface area (Å²) in [5.74, 6) is -1.31. The van der Waals surface area contributed by atoms with Gasteiger partial charge in [0.2, 0.25) is 0 Å². The molecule has 2 heterocycles. The van der Waals surface area contributed by atoms with Crippen LogP contribution >= 0.6 is 0 Å². The number of Topliss-reactive ketones (excluding diaryl/α,β-unsaturated/α-hetero) is 1. The predicted molar refractivity (Wildman–Crippen MR) is 132 cm³/mol. The number of aliphatic hydroxyl groups is 1.